The van der Waals surface area contributed by atoms with Crippen LogP contribution in [0.15, 0.2) is 18.2 Å². The SMILES string of the molecule is CC(O)CCNC(=O)c1ccc2c(c1)CNC2. The van der Waals surface area contributed by atoms with Crippen molar-refractivity contribution in [1.29, 1.82) is 0 Å². The topological polar surface area (TPSA) is 61.4 Å². The van der Waals surface area contributed by atoms with Crippen LogP contribution in [0.1, 0.15) is 34.8 Å². The maximum absolute atomic E-state index is 11.8. The van der Waals surface area contributed by atoms with E-state index in [1.165, 1.54) is 11.1 Å². The number of aliphatic hydroxyl groups excluding tert-OH is 1. The summed E-state index contributed by atoms with van der Waals surface area (Å²) in [6.07, 6.45) is 0.206. The molecule has 0 aliphatic carbocycles. The zero-order chi connectivity index (χ0) is 12.3. The van der Waals surface area contributed by atoms with E-state index >= 15 is 0 Å². The van der Waals surface area contributed by atoms with Crippen molar-refractivity contribution in [3.05, 3.63) is 34.9 Å². The average molecular weight is 234 g/mol. The summed E-state index contributed by atoms with van der Waals surface area (Å²) in [4.78, 5) is 11.8. The molecule has 1 amide bonds. The fraction of sp³-hybridized carbons (Fsp3) is 0.462. The molecule has 0 saturated heterocycles. The molecule has 0 fully saturated rings. The first-order chi connectivity index (χ1) is 8.16. The molecular formula is C13H18N2O2. The smallest absolute Gasteiger partial charge is 0.251 e. The van der Waals surface area contributed by atoms with Crippen molar-refractivity contribution in [3.63, 3.8) is 0 Å². The van der Waals surface area contributed by atoms with E-state index in [9.17, 15) is 4.79 Å². The lowest BCUT2D eigenvalue weighted by molar-refractivity contribution is 0.0945. The normalized spacial score (nSPS) is 15.4. The molecule has 1 unspecified atom stereocenters. The van der Waals surface area contributed by atoms with E-state index in [-0.39, 0.29) is 12.0 Å². The third kappa shape index (κ3) is 3.05. The Kier molecular flexibility index (Phi) is 3.76. The number of amides is 1. The fourth-order valence-electron chi connectivity index (χ4n) is 1.93. The summed E-state index contributed by atoms with van der Waals surface area (Å²) < 4.78 is 0. The third-order valence-electron chi connectivity index (χ3n) is 2.95. The first-order valence-corrected chi connectivity index (χ1v) is 5.95. The number of rotatable bonds is 4. The van der Waals surface area contributed by atoms with Crippen LogP contribution in [0.3, 0.4) is 0 Å². The van der Waals surface area contributed by atoms with Gasteiger partial charge in [0.25, 0.3) is 5.91 Å². The second-order valence-electron chi connectivity index (χ2n) is 4.48. The Morgan fingerprint density at radius 2 is 2.24 bits per heavy atom. The van der Waals surface area contributed by atoms with Gasteiger partial charge in [-0.25, -0.2) is 0 Å². The molecule has 92 valence electrons. The summed E-state index contributed by atoms with van der Waals surface area (Å²) in [6, 6.07) is 5.79. The minimum Gasteiger partial charge on any atom is -0.393 e. The van der Waals surface area contributed by atoms with Crippen molar-refractivity contribution in [2.75, 3.05) is 6.54 Å². The van der Waals surface area contributed by atoms with Gasteiger partial charge in [-0.15, -0.1) is 0 Å². The van der Waals surface area contributed by atoms with Crippen LogP contribution in [0.25, 0.3) is 0 Å². The molecule has 4 heteroatoms. The lowest BCUT2D eigenvalue weighted by Crippen LogP contribution is -2.26. The molecule has 4 nitrogen and oxygen atoms in total. The molecule has 17 heavy (non-hydrogen) atoms. The largest absolute Gasteiger partial charge is 0.393 e. The average Bonchev–Trinajstić information content (AvgIpc) is 2.75. The van der Waals surface area contributed by atoms with E-state index in [2.05, 4.69) is 10.6 Å². The highest BCUT2D eigenvalue weighted by Crippen LogP contribution is 2.16. The molecule has 1 aromatic carbocycles. The Morgan fingerprint density at radius 1 is 1.47 bits per heavy atom. The molecule has 0 bridgehead atoms. The number of aliphatic hydroxyl groups is 1. The van der Waals surface area contributed by atoms with Gasteiger partial charge in [0.2, 0.25) is 0 Å². The van der Waals surface area contributed by atoms with Gasteiger partial charge in [-0.3, -0.25) is 4.79 Å². The maximum atomic E-state index is 11.8. The molecule has 1 aliphatic rings. The van der Waals surface area contributed by atoms with Gasteiger partial charge in [-0.2, -0.15) is 0 Å². The molecule has 1 atom stereocenters. The van der Waals surface area contributed by atoms with Crippen molar-refractivity contribution in [1.82, 2.24) is 10.6 Å². The minimum absolute atomic E-state index is 0.0691. The summed E-state index contributed by atoms with van der Waals surface area (Å²) in [5.41, 5.74) is 3.16. The summed E-state index contributed by atoms with van der Waals surface area (Å²) in [5.74, 6) is -0.0691. The van der Waals surface area contributed by atoms with Gasteiger partial charge in [0, 0.05) is 25.2 Å². The van der Waals surface area contributed by atoms with Gasteiger partial charge in [-0.05, 0) is 36.6 Å². The standard InChI is InChI=1S/C13H18N2O2/c1-9(16)4-5-15-13(17)10-2-3-11-7-14-8-12(11)6-10/h2-3,6,9,14,16H,4-5,7-8H2,1H3,(H,15,17). The van der Waals surface area contributed by atoms with Crippen molar-refractivity contribution in [2.24, 2.45) is 0 Å². The third-order valence-corrected chi connectivity index (χ3v) is 2.95. The maximum Gasteiger partial charge on any atom is 0.251 e. The number of nitrogens with one attached hydrogen (secondary N) is 2. The Morgan fingerprint density at radius 3 is 3.00 bits per heavy atom. The van der Waals surface area contributed by atoms with Crippen LogP contribution in [0, 0.1) is 0 Å². The number of benzene rings is 1. The monoisotopic (exact) mass is 234 g/mol. The summed E-state index contributed by atoms with van der Waals surface area (Å²) in [6.45, 7) is 3.95. The van der Waals surface area contributed by atoms with Gasteiger partial charge in [0.05, 0.1) is 6.10 Å². The fourth-order valence-corrected chi connectivity index (χ4v) is 1.93. The molecule has 1 heterocycles. The highest BCUT2D eigenvalue weighted by atomic mass is 16.3. The number of fused-ring (bicyclic) bond motifs is 1. The molecule has 0 saturated carbocycles. The van der Waals surface area contributed by atoms with Gasteiger partial charge in [0.1, 0.15) is 0 Å². The van der Waals surface area contributed by atoms with Gasteiger partial charge >= 0.3 is 0 Å². The molecule has 2 rings (SSSR count). The van der Waals surface area contributed by atoms with E-state index in [0.717, 1.165) is 13.1 Å². The number of carbonyl (C=O) groups is 1. The van der Waals surface area contributed by atoms with Crippen LogP contribution in [0.4, 0.5) is 0 Å². The van der Waals surface area contributed by atoms with E-state index < -0.39 is 0 Å². The quantitative estimate of drug-likeness (QED) is 0.722. The second-order valence-corrected chi connectivity index (χ2v) is 4.48. The van der Waals surface area contributed by atoms with E-state index in [4.69, 9.17) is 5.11 Å². The lowest BCUT2D eigenvalue weighted by atomic mass is 10.1. The van der Waals surface area contributed by atoms with E-state index in [0.29, 0.717) is 18.5 Å². The van der Waals surface area contributed by atoms with Crippen molar-refractivity contribution in [2.45, 2.75) is 32.5 Å². The summed E-state index contributed by atoms with van der Waals surface area (Å²) in [5, 5.41) is 15.2. The molecule has 0 aromatic heterocycles. The Labute approximate surface area is 101 Å². The van der Waals surface area contributed by atoms with Crippen LogP contribution in [-0.2, 0) is 13.1 Å². The summed E-state index contributed by atoms with van der Waals surface area (Å²) in [7, 11) is 0. The van der Waals surface area contributed by atoms with Crippen LogP contribution in [0.5, 0.6) is 0 Å². The van der Waals surface area contributed by atoms with Crippen molar-refractivity contribution >= 4 is 5.91 Å². The van der Waals surface area contributed by atoms with Gasteiger partial charge in [0.15, 0.2) is 0 Å². The predicted octanol–water partition coefficient (Wildman–Crippen LogP) is 0.791. The van der Waals surface area contributed by atoms with Crippen LogP contribution in [0.2, 0.25) is 0 Å². The van der Waals surface area contributed by atoms with Crippen molar-refractivity contribution in [3.8, 4) is 0 Å². The summed E-state index contributed by atoms with van der Waals surface area (Å²) >= 11 is 0. The van der Waals surface area contributed by atoms with E-state index in [1.54, 1.807) is 6.92 Å². The molecule has 3 N–H and O–H groups in total. The molecule has 0 spiro atoms. The number of carbonyl (C=O) groups excluding carboxylic acids is 1. The highest BCUT2D eigenvalue weighted by Gasteiger charge is 2.13. The predicted molar refractivity (Wildman–Crippen MR) is 65.6 cm³/mol. The molecule has 0 radical (unpaired) electrons. The Balaban J connectivity index is 1.95. The number of hydrogen-bond donors (Lipinski definition) is 3. The molecule has 1 aromatic rings. The first-order valence-electron chi connectivity index (χ1n) is 5.95. The minimum atomic E-state index is -0.375. The Hall–Kier alpha value is -1.39. The van der Waals surface area contributed by atoms with E-state index in [1.807, 2.05) is 18.2 Å². The zero-order valence-electron chi connectivity index (χ0n) is 9.99. The lowest BCUT2D eigenvalue weighted by Gasteiger charge is -2.07. The number of hydrogen-bond acceptors (Lipinski definition) is 3. The first kappa shape index (κ1) is 12.1. The molecular weight excluding hydrogens is 216 g/mol. The van der Waals surface area contributed by atoms with Crippen LogP contribution >= 0.6 is 0 Å². The van der Waals surface area contributed by atoms with Gasteiger partial charge < -0.3 is 15.7 Å². The van der Waals surface area contributed by atoms with Crippen LogP contribution in [-0.4, -0.2) is 23.7 Å². The zero-order valence-corrected chi connectivity index (χ0v) is 9.99. The van der Waals surface area contributed by atoms with Gasteiger partial charge in [-0.1, -0.05) is 6.07 Å². The molecule has 1 aliphatic heterocycles. The Bertz CT molecular complexity index is 416. The van der Waals surface area contributed by atoms with Crippen molar-refractivity contribution < 1.29 is 9.90 Å². The van der Waals surface area contributed by atoms with Crippen LogP contribution < -0.4 is 10.6 Å². The second kappa shape index (κ2) is 5.29. The highest BCUT2D eigenvalue weighted by molar-refractivity contribution is 5.94.